The van der Waals surface area contributed by atoms with Crippen molar-refractivity contribution in [3.05, 3.63) is 156 Å². The molecule has 1 aliphatic carbocycles. The summed E-state index contributed by atoms with van der Waals surface area (Å²) < 4.78 is 7.44. The topological polar surface area (TPSA) is 14.8 Å². The Bertz CT molecular complexity index is 2730. The second-order valence-electron chi connectivity index (χ2n) is 13.9. The van der Waals surface area contributed by atoms with Crippen molar-refractivity contribution in [3.8, 4) is 17.1 Å². The molecule has 3 nitrogen and oxygen atoms in total. The van der Waals surface area contributed by atoms with Crippen molar-refractivity contribution in [3.63, 3.8) is 0 Å². The predicted molar refractivity (Wildman–Crippen MR) is 213 cm³/mol. The molecule has 0 N–H and O–H groups in total. The van der Waals surface area contributed by atoms with Gasteiger partial charge in [-0.15, -0.1) is 0 Å². The monoisotopic (exact) mass is 645 g/mol. The van der Waals surface area contributed by atoms with Crippen LogP contribution in [0.25, 0.3) is 77.7 Å². The summed E-state index contributed by atoms with van der Waals surface area (Å²) in [7, 11) is 0. The van der Waals surface area contributed by atoms with Gasteiger partial charge in [-0.05, 0) is 98.0 Å². The summed E-state index contributed by atoms with van der Waals surface area (Å²) >= 11 is 0. The Labute approximate surface area is 292 Å². The van der Waals surface area contributed by atoms with E-state index in [1.54, 1.807) is 0 Å². The standard InChI is InChI=1S/C47H39N3/c1-2-3-4-14-32-15-13-16-33(29-32)48-46-27-25-34(49-42-21-9-5-17-36(42)37-18-6-10-22-43(37)49)30-40(46)41-31-35(26-28-47(41)48)50-44-23-11-7-19-38(44)39-20-8-12-24-45(39)50/h5-11,13,15-23,25-31H,2-4,12,14,24H2,1H3. The lowest BCUT2D eigenvalue weighted by Gasteiger charge is -2.14. The zero-order chi connectivity index (χ0) is 33.2. The summed E-state index contributed by atoms with van der Waals surface area (Å²) in [5.41, 5.74) is 14.0. The van der Waals surface area contributed by atoms with Crippen LogP contribution in [0, 0.1) is 0 Å². The number of aryl methyl sites for hydroxylation is 1. The SMILES string of the molecule is CCCCCc1cccc(-n2c3ccc(-n4c5c(c6ccccc64)C=CCC5)cc3c3cc(-n4c5ccccc5c5ccccc54)ccc32)c1. The van der Waals surface area contributed by atoms with E-state index in [2.05, 4.69) is 166 Å². The number of fused-ring (bicyclic) bond motifs is 9. The highest BCUT2D eigenvalue weighted by Crippen LogP contribution is 2.40. The van der Waals surface area contributed by atoms with Crippen molar-refractivity contribution >= 4 is 60.6 Å². The van der Waals surface area contributed by atoms with E-state index in [0.717, 1.165) is 19.3 Å². The van der Waals surface area contributed by atoms with E-state index >= 15 is 0 Å². The van der Waals surface area contributed by atoms with Gasteiger partial charge in [-0.25, -0.2) is 0 Å². The van der Waals surface area contributed by atoms with Gasteiger partial charge >= 0.3 is 0 Å². The van der Waals surface area contributed by atoms with Crippen molar-refractivity contribution in [1.82, 2.24) is 13.7 Å². The third kappa shape index (κ3) is 4.43. The molecule has 1 aliphatic rings. The van der Waals surface area contributed by atoms with Crippen LogP contribution in [0.4, 0.5) is 0 Å². The van der Waals surface area contributed by atoms with Gasteiger partial charge in [0.2, 0.25) is 0 Å². The fourth-order valence-corrected chi connectivity index (χ4v) is 8.65. The van der Waals surface area contributed by atoms with Gasteiger partial charge in [0.25, 0.3) is 0 Å². The van der Waals surface area contributed by atoms with Crippen molar-refractivity contribution in [2.45, 2.75) is 45.4 Å². The van der Waals surface area contributed by atoms with E-state index in [1.165, 1.54) is 108 Å². The molecule has 0 spiro atoms. The number of hydrogen-bond donors (Lipinski definition) is 0. The molecule has 242 valence electrons. The first kappa shape index (κ1) is 29.1. The highest BCUT2D eigenvalue weighted by Gasteiger charge is 2.21. The van der Waals surface area contributed by atoms with Gasteiger partial charge in [0.05, 0.1) is 27.6 Å². The van der Waals surface area contributed by atoms with Crippen molar-refractivity contribution < 1.29 is 0 Å². The highest BCUT2D eigenvalue weighted by atomic mass is 15.0. The summed E-state index contributed by atoms with van der Waals surface area (Å²) in [4.78, 5) is 0. The fraction of sp³-hybridized carbons (Fsp3) is 0.149. The molecule has 0 unspecified atom stereocenters. The molecule has 0 saturated carbocycles. The zero-order valence-corrected chi connectivity index (χ0v) is 28.4. The Balaban J connectivity index is 1.25. The number of rotatable bonds is 7. The molecule has 0 aliphatic heterocycles. The third-order valence-corrected chi connectivity index (χ3v) is 10.9. The minimum absolute atomic E-state index is 1.04. The second kappa shape index (κ2) is 11.7. The Morgan fingerprint density at radius 1 is 0.480 bits per heavy atom. The number of unbranched alkanes of at least 4 members (excludes halogenated alkanes) is 2. The normalized spacial score (nSPS) is 13.0. The minimum Gasteiger partial charge on any atom is -0.313 e. The van der Waals surface area contributed by atoms with E-state index in [9.17, 15) is 0 Å². The van der Waals surface area contributed by atoms with Crippen LogP contribution in [0.2, 0.25) is 0 Å². The fourth-order valence-electron chi connectivity index (χ4n) is 8.65. The molecule has 3 heterocycles. The molecule has 6 aromatic carbocycles. The first-order valence-electron chi connectivity index (χ1n) is 18.2. The van der Waals surface area contributed by atoms with Crippen molar-refractivity contribution in [1.29, 1.82) is 0 Å². The molecule has 3 heteroatoms. The Morgan fingerprint density at radius 2 is 1.04 bits per heavy atom. The number of para-hydroxylation sites is 3. The van der Waals surface area contributed by atoms with Crippen LogP contribution in [0.1, 0.15) is 49.4 Å². The first-order valence-corrected chi connectivity index (χ1v) is 18.2. The van der Waals surface area contributed by atoms with E-state index < -0.39 is 0 Å². The number of allylic oxidation sites excluding steroid dienone is 1. The highest BCUT2D eigenvalue weighted by molar-refractivity contribution is 6.12. The largest absolute Gasteiger partial charge is 0.313 e. The van der Waals surface area contributed by atoms with Gasteiger partial charge in [-0.2, -0.15) is 0 Å². The van der Waals surface area contributed by atoms with Gasteiger partial charge in [-0.3, -0.25) is 0 Å². The molecule has 9 aromatic rings. The Kier molecular flexibility index (Phi) is 6.80. The van der Waals surface area contributed by atoms with E-state index in [4.69, 9.17) is 0 Å². The summed E-state index contributed by atoms with van der Waals surface area (Å²) in [5, 5.41) is 6.43. The van der Waals surface area contributed by atoms with Crippen molar-refractivity contribution in [2.24, 2.45) is 0 Å². The Hall–Kier alpha value is -5.80. The van der Waals surface area contributed by atoms with Gasteiger partial charge < -0.3 is 13.7 Å². The van der Waals surface area contributed by atoms with E-state index in [1.807, 2.05) is 0 Å². The van der Waals surface area contributed by atoms with Gasteiger partial charge in [0, 0.05) is 55.3 Å². The lowest BCUT2D eigenvalue weighted by molar-refractivity contribution is 0.717. The average molecular weight is 646 g/mol. The van der Waals surface area contributed by atoms with E-state index in [-0.39, 0.29) is 0 Å². The van der Waals surface area contributed by atoms with Gasteiger partial charge in [-0.1, -0.05) is 98.6 Å². The minimum atomic E-state index is 1.04. The van der Waals surface area contributed by atoms with Crippen LogP contribution in [0.15, 0.2) is 140 Å². The summed E-state index contributed by atoms with van der Waals surface area (Å²) in [6.45, 7) is 2.28. The molecular formula is C47H39N3. The molecule has 0 radical (unpaired) electrons. The molecule has 50 heavy (non-hydrogen) atoms. The number of nitrogens with zero attached hydrogens (tertiary/aromatic N) is 3. The number of benzene rings is 6. The van der Waals surface area contributed by atoms with Crippen LogP contribution < -0.4 is 0 Å². The van der Waals surface area contributed by atoms with Crippen LogP contribution in [-0.2, 0) is 12.8 Å². The predicted octanol–water partition coefficient (Wildman–Crippen LogP) is 12.5. The molecule has 10 rings (SSSR count). The summed E-state index contributed by atoms with van der Waals surface area (Å²) in [6.07, 6.45) is 11.6. The molecule has 0 bridgehead atoms. The summed E-state index contributed by atoms with van der Waals surface area (Å²) in [5.74, 6) is 0. The number of aromatic nitrogens is 3. The molecule has 0 saturated heterocycles. The number of hydrogen-bond acceptors (Lipinski definition) is 0. The third-order valence-electron chi connectivity index (χ3n) is 10.9. The second-order valence-corrected chi connectivity index (χ2v) is 13.9. The van der Waals surface area contributed by atoms with Crippen LogP contribution in [0.5, 0.6) is 0 Å². The quantitative estimate of drug-likeness (QED) is 0.153. The molecule has 3 aromatic heterocycles. The zero-order valence-electron chi connectivity index (χ0n) is 28.4. The average Bonchev–Trinajstić information content (AvgIpc) is 3.80. The molecule has 0 fully saturated rings. The van der Waals surface area contributed by atoms with Crippen LogP contribution in [-0.4, -0.2) is 13.7 Å². The van der Waals surface area contributed by atoms with E-state index in [0.29, 0.717) is 0 Å². The molecular weight excluding hydrogens is 607 g/mol. The Morgan fingerprint density at radius 3 is 1.70 bits per heavy atom. The first-order chi connectivity index (χ1) is 24.8. The van der Waals surface area contributed by atoms with Crippen LogP contribution in [0.3, 0.4) is 0 Å². The maximum atomic E-state index is 2.52. The maximum absolute atomic E-state index is 2.52. The maximum Gasteiger partial charge on any atom is 0.0542 e. The lowest BCUT2D eigenvalue weighted by Crippen LogP contribution is -2.03. The van der Waals surface area contributed by atoms with Gasteiger partial charge in [0.1, 0.15) is 0 Å². The van der Waals surface area contributed by atoms with Gasteiger partial charge in [0.15, 0.2) is 0 Å². The van der Waals surface area contributed by atoms with Crippen molar-refractivity contribution in [2.75, 3.05) is 0 Å². The smallest absolute Gasteiger partial charge is 0.0542 e. The molecule has 0 atom stereocenters. The molecule has 0 amide bonds. The summed E-state index contributed by atoms with van der Waals surface area (Å²) in [6, 6.07) is 49.9. The lowest BCUT2D eigenvalue weighted by atomic mass is 10.0. The van der Waals surface area contributed by atoms with Crippen LogP contribution >= 0.6 is 0 Å².